The number of morpholine rings is 1. The van der Waals surface area contributed by atoms with Crippen LogP contribution in [0.4, 0.5) is 36.6 Å². The van der Waals surface area contributed by atoms with Crippen LogP contribution in [0.15, 0.2) is 30.7 Å². The number of rotatable bonds is 8. The first kappa shape index (κ1) is 30.6. The summed E-state index contributed by atoms with van der Waals surface area (Å²) in [5.74, 6) is 1.23. The zero-order valence-electron chi connectivity index (χ0n) is 24.9. The second kappa shape index (κ2) is 12.5. The maximum atomic E-state index is 12.9. The maximum absolute atomic E-state index is 12.9. The van der Waals surface area contributed by atoms with Gasteiger partial charge in [-0.2, -0.15) is 18.2 Å². The second-order valence-electron chi connectivity index (χ2n) is 11.4. The molecule has 2 aliphatic heterocycles. The van der Waals surface area contributed by atoms with Crippen LogP contribution in [0.5, 0.6) is 5.88 Å². The van der Waals surface area contributed by atoms with Gasteiger partial charge in [-0.3, -0.25) is 0 Å². The van der Waals surface area contributed by atoms with Crippen LogP contribution < -0.4 is 19.9 Å². The van der Waals surface area contributed by atoms with E-state index in [2.05, 4.69) is 30.1 Å². The summed E-state index contributed by atoms with van der Waals surface area (Å²) < 4.78 is 52.2. The second-order valence-corrected chi connectivity index (χ2v) is 11.4. The van der Waals surface area contributed by atoms with Crippen molar-refractivity contribution in [2.24, 2.45) is 7.05 Å². The van der Waals surface area contributed by atoms with Crippen molar-refractivity contribution in [1.82, 2.24) is 24.5 Å². The average molecular weight is 630 g/mol. The lowest BCUT2D eigenvalue weighted by Gasteiger charge is -2.36. The van der Waals surface area contributed by atoms with E-state index in [0.717, 1.165) is 42.3 Å². The Kier molecular flexibility index (Phi) is 8.48. The first-order chi connectivity index (χ1) is 21.6. The quantitative estimate of drug-likeness (QED) is 0.273. The zero-order valence-corrected chi connectivity index (χ0v) is 24.9. The van der Waals surface area contributed by atoms with Crippen LogP contribution in [-0.2, 0) is 18.0 Å². The first-order valence-electron chi connectivity index (χ1n) is 14.9. The molecule has 45 heavy (non-hydrogen) atoms. The molecule has 1 N–H and O–H groups in total. The summed E-state index contributed by atoms with van der Waals surface area (Å²) >= 11 is 0. The fraction of sp³-hybridized carbons (Fsp3) is 0.517. The smallest absolute Gasteiger partial charge is 0.434 e. The molecular formula is C29H34F3N9O4. The normalized spacial score (nSPS) is 20.9. The summed E-state index contributed by atoms with van der Waals surface area (Å²) in [4.78, 5) is 32.0. The molecule has 0 amide bonds. The van der Waals surface area contributed by atoms with Gasteiger partial charge in [0.15, 0.2) is 0 Å². The maximum Gasteiger partial charge on any atom is 0.434 e. The lowest BCUT2D eigenvalue weighted by molar-refractivity contribution is -0.396. The van der Waals surface area contributed by atoms with Crippen LogP contribution in [0.2, 0.25) is 0 Å². The first-order valence-corrected chi connectivity index (χ1v) is 14.9. The van der Waals surface area contributed by atoms with Crippen LogP contribution in [0.3, 0.4) is 0 Å². The van der Waals surface area contributed by atoms with Gasteiger partial charge in [0, 0.05) is 44.1 Å². The number of nitrogens with one attached hydrogen (secondary N) is 1. The third-order valence-electron chi connectivity index (χ3n) is 8.54. The number of ether oxygens (including phenoxy) is 2. The highest BCUT2D eigenvalue weighted by atomic mass is 19.4. The number of imidazole rings is 1. The van der Waals surface area contributed by atoms with Crippen molar-refractivity contribution in [3.8, 4) is 5.88 Å². The van der Waals surface area contributed by atoms with E-state index >= 15 is 0 Å². The Hall–Kier alpha value is -4.47. The van der Waals surface area contributed by atoms with E-state index in [1.165, 1.54) is 4.57 Å². The predicted molar refractivity (Wildman–Crippen MR) is 159 cm³/mol. The molecule has 1 saturated heterocycles. The number of hydrogen-bond acceptors (Lipinski definition) is 11. The van der Waals surface area contributed by atoms with Crippen molar-refractivity contribution >= 4 is 29.5 Å². The highest BCUT2D eigenvalue weighted by Gasteiger charge is 2.33. The van der Waals surface area contributed by atoms with E-state index in [9.17, 15) is 23.3 Å². The summed E-state index contributed by atoms with van der Waals surface area (Å²) in [5.41, 5.74) is 1.57. The van der Waals surface area contributed by atoms with Crippen LogP contribution in [0.25, 0.3) is 6.08 Å². The van der Waals surface area contributed by atoms with E-state index in [1.807, 2.05) is 25.1 Å². The number of pyridine rings is 1. The van der Waals surface area contributed by atoms with Crippen molar-refractivity contribution in [2.45, 2.75) is 57.0 Å². The molecule has 1 aliphatic carbocycles. The Morgan fingerprint density at radius 1 is 1.11 bits per heavy atom. The van der Waals surface area contributed by atoms with E-state index < -0.39 is 16.7 Å². The van der Waals surface area contributed by atoms with Crippen molar-refractivity contribution in [1.29, 1.82) is 0 Å². The largest absolute Gasteiger partial charge is 0.474 e. The van der Waals surface area contributed by atoms with Gasteiger partial charge in [-0.25, -0.2) is 14.5 Å². The van der Waals surface area contributed by atoms with Gasteiger partial charge < -0.3 is 34.7 Å². The molecule has 1 saturated carbocycles. The average Bonchev–Trinajstić information content (AvgIpc) is 3.43. The molecule has 2 fully saturated rings. The SMILES string of the molecule is CC(c1cnc([N+](=O)[O-])n1C)N1CC=Cc2c1cc(N1CCOCC1)nc2OC1CCC(Nc2ncc(C(F)(F)F)cn2)CC1. The predicted octanol–water partition coefficient (Wildman–Crippen LogP) is 4.77. The van der Waals surface area contributed by atoms with E-state index in [4.69, 9.17) is 14.5 Å². The van der Waals surface area contributed by atoms with Crippen LogP contribution in [-0.4, -0.2) is 74.4 Å². The Morgan fingerprint density at radius 2 is 1.82 bits per heavy atom. The molecule has 1 atom stereocenters. The number of halogens is 3. The van der Waals surface area contributed by atoms with Crippen LogP contribution in [0.1, 0.15) is 55.5 Å². The molecule has 13 nitrogen and oxygen atoms in total. The Labute approximate surface area is 257 Å². The molecule has 5 heterocycles. The number of hydrogen-bond donors (Lipinski definition) is 1. The molecular weight excluding hydrogens is 595 g/mol. The molecule has 0 aromatic carbocycles. The van der Waals surface area contributed by atoms with Crippen molar-refractivity contribution < 1.29 is 27.6 Å². The van der Waals surface area contributed by atoms with Gasteiger partial charge in [0.1, 0.15) is 23.8 Å². The number of nitro groups is 1. The Morgan fingerprint density at radius 3 is 2.47 bits per heavy atom. The molecule has 3 aliphatic rings. The fourth-order valence-corrected chi connectivity index (χ4v) is 6.04. The highest BCUT2D eigenvalue weighted by Crippen LogP contribution is 2.41. The molecule has 6 rings (SSSR count). The van der Waals surface area contributed by atoms with Gasteiger partial charge in [-0.05, 0) is 43.6 Å². The van der Waals surface area contributed by atoms with Gasteiger partial charge in [-0.1, -0.05) is 11.1 Å². The van der Waals surface area contributed by atoms with Gasteiger partial charge in [0.05, 0.1) is 43.1 Å². The molecule has 0 spiro atoms. The molecule has 3 aromatic heterocycles. The number of fused-ring (bicyclic) bond motifs is 1. The van der Waals surface area contributed by atoms with E-state index in [0.29, 0.717) is 57.3 Å². The molecule has 1 unspecified atom stereocenters. The van der Waals surface area contributed by atoms with Crippen molar-refractivity contribution in [2.75, 3.05) is 48.0 Å². The number of aromatic nitrogens is 5. The van der Waals surface area contributed by atoms with Gasteiger partial charge in [0.25, 0.3) is 0 Å². The Balaban J connectivity index is 1.21. The van der Waals surface area contributed by atoms with Gasteiger partial charge in [0.2, 0.25) is 11.8 Å². The summed E-state index contributed by atoms with van der Waals surface area (Å²) in [6, 6.07) is 1.81. The third-order valence-corrected chi connectivity index (χ3v) is 8.54. The van der Waals surface area contributed by atoms with Crippen molar-refractivity contribution in [3.63, 3.8) is 0 Å². The van der Waals surface area contributed by atoms with Crippen molar-refractivity contribution in [3.05, 3.63) is 57.7 Å². The van der Waals surface area contributed by atoms with Gasteiger partial charge >= 0.3 is 12.1 Å². The third kappa shape index (κ3) is 6.50. The minimum atomic E-state index is -4.48. The summed E-state index contributed by atoms with van der Waals surface area (Å²) in [7, 11) is 1.65. The molecule has 240 valence electrons. The summed E-state index contributed by atoms with van der Waals surface area (Å²) in [5, 5.41) is 14.6. The Bertz CT molecular complexity index is 1550. The fourth-order valence-electron chi connectivity index (χ4n) is 6.04. The van der Waals surface area contributed by atoms with Gasteiger partial charge in [-0.15, -0.1) is 0 Å². The number of anilines is 3. The van der Waals surface area contributed by atoms with E-state index in [1.54, 1.807) is 13.2 Å². The number of alkyl halides is 3. The minimum Gasteiger partial charge on any atom is -0.474 e. The molecule has 0 bridgehead atoms. The van der Waals surface area contributed by atoms with E-state index in [-0.39, 0.29) is 30.1 Å². The lowest BCUT2D eigenvalue weighted by Crippen LogP contribution is -2.38. The molecule has 0 radical (unpaired) electrons. The minimum absolute atomic E-state index is 0.00216. The summed E-state index contributed by atoms with van der Waals surface area (Å²) in [6.07, 6.45) is 5.40. The molecule has 3 aromatic rings. The molecule has 16 heteroatoms. The number of nitrogens with zero attached hydrogens (tertiary/aromatic N) is 8. The monoisotopic (exact) mass is 629 g/mol. The summed E-state index contributed by atoms with van der Waals surface area (Å²) in [6.45, 7) is 5.14. The highest BCUT2D eigenvalue weighted by molar-refractivity contribution is 5.78. The van der Waals surface area contributed by atoms with Crippen LogP contribution >= 0.6 is 0 Å². The lowest BCUT2D eigenvalue weighted by atomic mass is 9.93. The zero-order chi connectivity index (χ0) is 31.7. The standard InChI is InChI=1S/C29H34F3N9O4/c1-18(24-17-35-28(38(24)2)41(42)43)40-9-3-4-22-23(40)14-25(39-10-12-44-13-11-39)37-26(22)45-21-7-5-20(6-8-21)36-27-33-15-19(16-34-27)29(30,31)32/h3-4,14-18,20-21H,5-13H2,1-2H3,(H,33,34,36). The van der Waals surface area contributed by atoms with Crippen LogP contribution in [0, 0.1) is 10.1 Å². The topological polar surface area (TPSA) is 137 Å².